The molecular formula is C12H27N. The molecule has 0 rings (SSSR count). The van der Waals surface area contributed by atoms with Crippen LogP contribution in [0.25, 0.3) is 0 Å². The average Bonchev–Trinajstić information content (AvgIpc) is 2.12. The van der Waals surface area contributed by atoms with E-state index < -0.39 is 0 Å². The van der Waals surface area contributed by atoms with E-state index in [4.69, 9.17) is 0 Å². The van der Waals surface area contributed by atoms with E-state index in [-0.39, 0.29) is 0 Å². The molecule has 2 unspecified atom stereocenters. The molecule has 0 amide bonds. The fraction of sp³-hybridized carbons (Fsp3) is 1.00. The lowest BCUT2D eigenvalue weighted by Crippen LogP contribution is -2.27. The molecule has 0 aliphatic heterocycles. The molecule has 0 aromatic rings. The van der Waals surface area contributed by atoms with Gasteiger partial charge in [0.25, 0.3) is 0 Å². The molecule has 0 spiro atoms. The molecule has 1 nitrogen and oxygen atoms in total. The van der Waals surface area contributed by atoms with Crippen LogP contribution in [0.3, 0.4) is 0 Å². The van der Waals surface area contributed by atoms with Crippen molar-refractivity contribution in [3.05, 3.63) is 0 Å². The Labute approximate surface area is 84.3 Å². The van der Waals surface area contributed by atoms with Crippen LogP contribution in [0.2, 0.25) is 0 Å². The van der Waals surface area contributed by atoms with Crippen molar-refractivity contribution >= 4 is 0 Å². The quantitative estimate of drug-likeness (QED) is 0.609. The van der Waals surface area contributed by atoms with E-state index in [9.17, 15) is 0 Å². The molecule has 0 saturated carbocycles. The molecule has 0 aliphatic carbocycles. The lowest BCUT2D eigenvalue weighted by atomic mass is 9.93. The van der Waals surface area contributed by atoms with Gasteiger partial charge in [-0.3, -0.25) is 0 Å². The first-order valence-corrected chi connectivity index (χ1v) is 5.97. The Bertz CT molecular complexity index is 101. The summed E-state index contributed by atoms with van der Waals surface area (Å²) in [6.07, 6.45) is 6.85. The Morgan fingerprint density at radius 3 is 2.31 bits per heavy atom. The predicted molar refractivity (Wildman–Crippen MR) is 61.1 cm³/mol. The third-order valence-corrected chi connectivity index (χ3v) is 2.78. The smallest absolute Gasteiger partial charge is 0.00412 e. The summed E-state index contributed by atoms with van der Waals surface area (Å²) in [6.45, 7) is 10.2. The van der Waals surface area contributed by atoms with Gasteiger partial charge in [0.05, 0.1) is 0 Å². The average molecular weight is 185 g/mol. The predicted octanol–water partition coefficient (Wildman–Crippen LogP) is 3.59. The number of hydrogen-bond donors (Lipinski definition) is 1. The Balaban J connectivity index is 3.56. The van der Waals surface area contributed by atoms with Gasteiger partial charge in [0.2, 0.25) is 0 Å². The van der Waals surface area contributed by atoms with E-state index in [0.717, 1.165) is 12.5 Å². The van der Waals surface area contributed by atoms with Crippen molar-refractivity contribution in [3.63, 3.8) is 0 Å². The minimum atomic E-state index is 0.701. The zero-order valence-corrected chi connectivity index (χ0v) is 9.90. The number of nitrogens with one attached hydrogen (secondary N) is 1. The standard InChI is InChI=1S/C12H27N/c1-5-8-9-12(6-2)10-11(4)13-7-3/h11-13H,5-10H2,1-4H3. The molecule has 1 heteroatoms. The minimum Gasteiger partial charge on any atom is -0.315 e. The van der Waals surface area contributed by atoms with E-state index in [2.05, 4.69) is 33.0 Å². The van der Waals surface area contributed by atoms with Crippen LogP contribution in [0.1, 0.15) is 59.8 Å². The summed E-state index contributed by atoms with van der Waals surface area (Å²) < 4.78 is 0. The van der Waals surface area contributed by atoms with Crippen LogP contribution < -0.4 is 5.32 Å². The van der Waals surface area contributed by atoms with Crippen molar-refractivity contribution in [2.45, 2.75) is 65.8 Å². The van der Waals surface area contributed by atoms with Gasteiger partial charge in [0.15, 0.2) is 0 Å². The van der Waals surface area contributed by atoms with E-state index in [1.165, 1.54) is 32.1 Å². The van der Waals surface area contributed by atoms with Crippen molar-refractivity contribution in [2.24, 2.45) is 5.92 Å². The summed E-state index contributed by atoms with van der Waals surface area (Å²) in [6, 6.07) is 0.701. The summed E-state index contributed by atoms with van der Waals surface area (Å²) in [5.41, 5.74) is 0. The number of unbranched alkanes of at least 4 members (excludes halogenated alkanes) is 1. The number of rotatable bonds is 8. The third-order valence-electron chi connectivity index (χ3n) is 2.78. The van der Waals surface area contributed by atoms with Gasteiger partial charge < -0.3 is 5.32 Å². The Morgan fingerprint density at radius 2 is 1.85 bits per heavy atom. The van der Waals surface area contributed by atoms with Crippen molar-refractivity contribution in [1.82, 2.24) is 5.32 Å². The summed E-state index contributed by atoms with van der Waals surface area (Å²) in [5, 5.41) is 3.49. The highest BCUT2D eigenvalue weighted by atomic mass is 14.9. The zero-order valence-electron chi connectivity index (χ0n) is 9.90. The highest BCUT2D eigenvalue weighted by Gasteiger charge is 2.09. The van der Waals surface area contributed by atoms with Crippen LogP contribution in [-0.2, 0) is 0 Å². The largest absolute Gasteiger partial charge is 0.315 e. The lowest BCUT2D eigenvalue weighted by Gasteiger charge is -2.19. The Morgan fingerprint density at radius 1 is 1.15 bits per heavy atom. The molecular weight excluding hydrogens is 158 g/mol. The van der Waals surface area contributed by atoms with Crippen molar-refractivity contribution in [2.75, 3.05) is 6.54 Å². The first-order valence-electron chi connectivity index (χ1n) is 5.97. The monoisotopic (exact) mass is 185 g/mol. The highest BCUT2D eigenvalue weighted by molar-refractivity contribution is 4.66. The van der Waals surface area contributed by atoms with Gasteiger partial charge in [0, 0.05) is 6.04 Å². The van der Waals surface area contributed by atoms with E-state index >= 15 is 0 Å². The van der Waals surface area contributed by atoms with Crippen molar-refractivity contribution < 1.29 is 0 Å². The molecule has 80 valence electrons. The molecule has 0 aromatic carbocycles. The molecule has 0 heterocycles. The van der Waals surface area contributed by atoms with Crippen LogP contribution in [0.15, 0.2) is 0 Å². The molecule has 0 aliphatic rings. The minimum absolute atomic E-state index is 0.701. The maximum atomic E-state index is 3.49. The van der Waals surface area contributed by atoms with Crippen LogP contribution in [-0.4, -0.2) is 12.6 Å². The first-order chi connectivity index (χ1) is 6.24. The fourth-order valence-corrected chi connectivity index (χ4v) is 1.91. The second-order valence-corrected chi connectivity index (χ2v) is 4.11. The number of hydrogen-bond acceptors (Lipinski definition) is 1. The second kappa shape index (κ2) is 8.55. The van der Waals surface area contributed by atoms with E-state index in [0.29, 0.717) is 6.04 Å². The van der Waals surface area contributed by atoms with Gasteiger partial charge in [-0.2, -0.15) is 0 Å². The van der Waals surface area contributed by atoms with Crippen LogP contribution in [0.5, 0.6) is 0 Å². The molecule has 0 saturated heterocycles. The van der Waals surface area contributed by atoms with Gasteiger partial charge in [-0.25, -0.2) is 0 Å². The summed E-state index contributed by atoms with van der Waals surface area (Å²) in [7, 11) is 0. The van der Waals surface area contributed by atoms with Crippen molar-refractivity contribution in [1.29, 1.82) is 0 Å². The fourth-order valence-electron chi connectivity index (χ4n) is 1.91. The molecule has 0 aromatic heterocycles. The molecule has 0 fully saturated rings. The second-order valence-electron chi connectivity index (χ2n) is 4.11. The van der Waals surface area contributed by atoms with Crippen LogP contribution >= 0.6 is 0 Å². The topological polar surface area (TPSA) is 12.0 Å². The van der Waals surface area contributed by atoms with Gasteiger partial charge in [0.1, 0.15) is 0 Å². The van der Waals surface area contributed by atoms with Gasteiger partial charge in [-0.1, -0.05) is 46.5 Å². The maximum absolute atomic E-state index is 3.49. The summed E-state index contributed by atoms with van der Waals surface area (Å²) >= 11 is 0. The Kier molecular flexibility index (Phi) is 8.53. The lowest BCUT2D eigenvalue weighted by molar-refractivity contribution is 0.365. The third kappa shape index (κ3) is 7.06. The van der Waals surface area contributed by atoms with E-state index in [1.54, 1.807) is 0 Å². The summed E-state index contributed by atoms with van der Waals surface area (Å²) in [5.74, 6) is 0.939. The molecule has 13 heavy (non-hydrogen) atoms. The molecule has 2 atom stereocenters. The van der Waals surface area contributed by atoms with Gasteiger partial charge in [-0.15, -0.1) is 0 Å². The normalized spacial score (nSPS) is 15.7. The molecule has 0 radical (unpaired) electrons. The van der Waals surface area contributed by atoms with Crippen LogP contribution in [0.4, 0.5) is 0 Å². The van der Waals surface area contributed by atoms with Crippen LogP contribution in [0, 0.1) is 5.92 Å². The molecule has 0 bridgehead atoms. The first kappa shape index (κ1) is 13.0. The van der Waals surface area contributed by atoms with Gasteiger partial charge in [-0.05, 0) is 25.8 Å². The van der Waals surface area contributed by atoms with Gasteiger partial charge >= 0.3 is 0 Å². The van der Waals surface area contributed by atoms with Crippen molar-refractivity contribution in [3.8, 4) is 0 Å². The maximum Gasteiger partial charge on any atom is 0.00412 e. The zero-order chi connectivity index (χ0) is 10.1. The molecule has 1 N–H and O–H groups in total. The Hall–Kier alpha value is -0.0400. The summed E-state index contributed by atoms with van der Waals surface area (Å²) in [4.78, 5) is 0. The highest BCUT2D eigenvalue weighted by Crippen LogP contribution is 2.18. The SMILES string of the molecule is CCCCC(CC)CC(C)NCC. The van der Waals surface area contributed by atoms with E-state index in [1.807, 2.05) is 0 Å².